The molecular weight excluding hydrogens is 430 g/mol. The van der Waals surface area contributed by atoms with E-state index in [0.717, 1.165) is 36.1 Å². The third-order valence-electron chi connectivity index (χ3n) is 5.43. The van der Waals surface area contributed by atoms with Crippen LogP contribution in [0, 0.1) is 0 Å². The summed E-state index contributed by atoms with van der Waals surface area (Å²) in [5.41, 5.74) is 2.57. The number of carbonyl (C=O) groups is 3. The molecular formula is C23H23N3O5S. The minimum atomic E-state index is -1.03. The van der Waals surface area contributed by atoms with Gasteiger partial charge in [0.25, 0.3) is 5.91 Å². The highest BCUT2D eigenvalue weighted by Gasteiger charge is 2.30. The number of anilines is 1. The molecule has 1 unspecified atom stereocenters. The van der Waals surface area contributed by atoms with E-state index in [1.54, 1.807) is 31.3 Å². The number of carbonyl (C=O) groups excluding carboxylic acids is 3. The molecule has 1 aromatic carbocycles. The van der Waals surface area contributed by atoms with Crippen molar-refractivity contribution < 1.29 is 23.9 Å². The minimum absolute atomic E-state index is 0.240. The summed E-state index contributed by atoms with van der Waals surface area (Å²) in [6.45, 7) is 1.75. The Balaban J connectivity index is 1.56. The number of benzene rings is 1. The Labute approximate surface area is 189 Å². The van der Waals surface area contributed by atoms with Gasteiger partial charge in [-0.2, -0.15) is 0 Å². The number of esters is 2. The van der Waals surface area contributed by atoms with Crippen molar-refractivity contribution in [3.05, 3.63) is 52.2 Å². The van der Waals surface area contributed by atoms with Gasteiger partial charge in [0, 0.05) is 17.3 Å². The molecule has 1 atom stereocenters. The van der Waals surface area contributed by atoms with E-state index in [1.165, 1.54) is 24.6 Å². The molecule has 2 aromatic heterocycles. The second kappa shape index (κ2) is 9.44. The first-order valence-electron chi connectivity index (χ1n) is 10.5. The molecule has 2 heterocycles. The highest BCUT2D eigenvalue weighted by molar-refractivity contribution is 7.17. The quantitative estimate of drug-likeness (QED) is 0.564. The second-order valence-corrected chi connectivity index (χ2v) is 8.53. The number of para-hydroxylation sites is 1. The SMILES string of the molecule is CCC(OC(=O)c1cccc2nccnc12)C(=O)Nc1sc2c(c1C(=O)OC)CCCC2. The Bertz CT molecular complexity index is 1180. The lowest BCUT2D eigenvalue weighted by molar-refractivity contribution is -0.124. The van der Waals surface area contributed by atoms with Crippen LogP contribution in [0.2, 0.25) is 0 Å². The van der Waals surface area contributed by atoms with E-state index in [-0.39, 0.29) is 12.0 Å². The fourth-order valence-corrected chi connectivity index (χ4v) is 5.12. The van der Waals surface area contributed by atoms with Crippen LogP contribution in [0.3, 0.4) is 0 Å². The van der Waals surface area contributed by atoms with E-state index >= 15 is 0 Å². The number of fused-ring (bicyclic) bond motifs is 2. The number of aromatic nitrogens is 2. The molecule has 0 bridgehead atoms. The standard InChI is InChI=1S/C23H23N3O5S/c1-3-16(31-22(28)14-8-6-9-15-19(14)25-12-11-24-15)20(27)26-21-18(23(29)30-2)13-7-4-5-10-17(13)32-21/h6,8-9,11-12,16H,3-5,7,10H2,1-2H3,(H,26,27). The summed E-state index contributed by atoms with van der Waals surface area (Å²) < 4.78 is 10.5. The van der Waals surface area contributed by atoms with Gasteiger partial charge in [0.05, 0.1) is 23.8 Å². The molecule has 1 N–H and O–H groups in total. The molecule has 0 radical (unpaired) electrons. The van der Waals surface area contributed by atoms with Gasteiger partial charge in [0.15, 0.2) is 6.10 Å². The third kappa shape index (κ3) is 4.20. The first-order valence-corrected chi connectivity index (χ1v) is 11.3. The molecule has 8 nitrogen and oxygen atoms in total. The molecule has 0 saturated heterocycles. The molecule has 9 heteroatoms. The summed E-state index contributed by atoms with van der Waals surface area (Å²) in [5, 5.41) is 3.25. The van der Waals surface area contributed by atoms with Gasteiger partial charge in [-0.25, -0.2) is 9.59 Å². The molecule has 0 spiro atoms. The zero-order valence-electron chi connectivity index (χ0n) is 17.8. The number of nitrogens with one attached hydrogen (secondary N) is 1. The number of nitrogens with zero attached hydrogens (tertiary/aromatic N) is 2. The van der Waals surface area contributed by atoms with Gasteiger partial charge in [0.2, 0.25) is 0 Å². The number of aryl methyl sites for hydroxylation is 1. The van der Waals surface area contributed by atoms with Gasteiger partial charge in [0.1, 0.15) is 10.5 Å². The molecule has 1 aliphatic rings. The minimum Gasteiger partial charge on any atom is -0.465 e. The number of amides is 1. The highest BCUT2D eigenvalue weighted by atomic mass is 32.1. The molecule has 0 fully saturated rings. The zero-order valence-corrected chi connectivity index (χ0v) is 18.7. The predicted molar refractivity (Wildman–Crippen MR) is 120 cm³/mol. The zero-order chi connectivity index (χ0) is 22.7. The lowest BCUT2D eigenvalue weighted by Crippen LogP contribution is -2.32. The van der Waals surface area contributed by atoms with E-state index in [2.05, 4.69) is 15.3 Å². The summed E-state index contributed by atoms with van der Waals surface area (Å²) >= 11 is 1.39. The lowest BCUT2D eigenvalue weighted by atomic mass is 9.95. The van der Waals surface area contributed by atoms with Gasteiger partial charge < -0.3 is 14.8 Å². The molecule has 0 saturated carbocycles. The average molecular weight is 454 g/mol. The van der Waals surface area contributed by atoms with Gasteiger partial charge in [-0.3, -0.25) is 14.8 Å². The van der Waals surface area contributed by atoms with Crippen molar-refractivity contribution in [2.75, 3.05) is 12.4 Å². The maximum atomic E-state index is 13.0. The van der Waals surface area contributed by atoms with Gasteiger partial charge in [-0.05, 0) is 49.8 Å². The van der Waals surface area contributed by atoms with Gasteiger partial charge in [-0.1, -0.05) is 13.0 Å². The van der Waals surface area contributed by atoms with Crippen molar-refractivity contribution >= 4 is 45.2 Å². The molecule has 3 aromatic rings. The van der Waals surface area contributed by atoms with E-state index in [1.807, 2.05) is 0 Å². The summed E-state index contributed by atoms with van der Waals surface area (Å²) in [6.07, 6.45) is 5.96. The van der Waals surface area contributed by atoms with Crippen LogP contribution in [0.1, 0.15) is 57.3 Å². The summed E-state index contributed by atoms with van der Waals surface area (Å²) in [5.74, 6) is -1.62. The van der Waals surface area contributed by atoms with Crippen LogP contribution in [0.4, 0.5) is 5.00 Å². The van der Waals surface area contributed by atoms with Crippen LogP contribution in [0.5, 0.6) is 0 Å². The molecule has 1 aliphatic carbocycles. The van der Waals surface area contributed by atoms with Crippen molar-refractivity contribution in [1.29, 1.82) is 0 Å². The Kier molecular flexibility index (Phi) is 6.45. The Hall–Kier alpha value is -3.33. The van der Waals surface area contributed by atoms with Crippen LogP contribution >= 0.6 is 11.3 Å². The van der Waals surface area contributed by atoms with E-state index in [4.69, 9.17) is 9.47 Å². The smallest absolute Gasteiger partial charge is 0.341 e. The monoisotopic (exact) mass is 453 g/mol. The number of hydrogen-bond donors (Lipinski definition) is 1. The topological polar surface area (TPSA) is 107 Å². The Morgan fingerprint density at radius 3 is 2.69 bits per heavy atom. The van der Waals surface area contributed by atoms with Crippen molar-refractivity contribution in [3.63, 3.8) is 0 Å². The van der Waals surface area contributed by atoms with Gasteiger partial charge >= 0.3 is 11.9 Å². The summed E-state index contributed by atoms with van der Waals surface area (Å²) in [4.78, 5) is 47.7. The number of ether oxygens (including phenoxy) is 2. The third-order valence-corrected chi connectivity index (χ3v) is 6.64. The number of methoxy groups -OCH3 is 1. The lowest BCUT2D eigenvalue weighted by Gasteiger charge is -2.16. The molecule has 166 valence electrons. The largest absolute Gasteiger partial charge is 0.465 e. The van der Waals surface area contributed by atoms with E-state index in [9.17, 15) is 14.4 Å². The molecule has 4 rings (SSSR count). The van der Waals surface area contributed by atoms with Crippen LogP contribution in [-0.4, -0.2) is 41.0 Å². The fourth-order valence-electron chi connectivity index (χ4n) is 3.84. The van der Waals surface area contributed by atoms with Crippen LogP contribution in [0.15, 0.2) is 30.6 Å². The van der Waals surface area contributed by atoms with Crippen LogP contribution in [0.25, 0.3) is 11.0 Å². The van der Waals surface area contributed by atoms with Crippen molar-refractivity contribution in [3.8, 4) is 0 Å². The van der Waals surface area contributed by atoms with E-state index in [0.29, 0.717) is 21.6 Å². The highest BCUT2D eigenvalue weighted by Crippen LogP contribution is 2.38. The Morgan fingerprint density at radius 2 is 1.91 bits per heavy atom. The predicted octanol–water partition coefficient (Wildman–Crippen LogP) is 3.93. The number of thiophene rings is 1. The Morgan fingerprint density at radius 1 is 1.12 bits per heavy atom. The number of hydrogen-bond acceptors (Lipinski definition) is 8. The average Bonchev–Trinajstić information content (AvgIpc) is 3.19. The van der Waals surface area contributed by atoms with E-state index < -0.39 is 23.9 Å². The second-order valence-electron chi connectivity index (χ2n) is 7.43. The molecule has 1 amide bonds. The fraction of sp³-hybridized carbons (Fsp3) is 0.348. The van der Waals surface area contributed by atoms with Crippen molar-refractivity contribution in [2.24, 2.45) is 0 Å². The molecule has 0 aliphatic heterocycles. The number of rotatable bonds is 6. The normalized spacial score (nSPS) is 13.8. The summed E-state index contributed by atoms with van der Waals surface area (Å²) in [6, 6.07) is 5.02. The maximum absolute atomic E-state index is 13.0. The van der Waals surface area contributed by atoms with Gasteiger partial charge in [-0.15, -0.1) is 11.3 Å². The van der Waals surface area contributed by atoms with Crippen molar-refractivity contribution in [2.45, 2.75) is 45.1 Å². The van der Waals surface area contributed by atoms with Crippen LogP contribution < -0.4 is 5.32 Å². The molecule has 32 heavy (non-hydrogen) atoms. The maximum Gasteiger partial charge on any atom is 0.341 e. The van der Waals surface area contributed by atoms with Crippen molar-refractivity contribution in [1.82, 2.24) is 9.97 Å². The first-order chi connectivity index (χ1) is 15.5. The van der Waals surface area contributed by atoms with Crippen LogP contribution in [-0.2, 0) is 27.1 Å². The summed E-state index contributed by atoms with van der Waals surface area (Å²) in [7, 11) is 1.32. The first kappa shape index (κ1) is 21.9.